The highest BCUT2D eigenvalue weighted by atomic mass is 16.2. The van der Waals surface area contributed by atoms with Crippen LogP contribution in [0, 0.1) is 11.8 Å². The monoisotopic (exact) mass is 313 g/mol. The summed E-state index contributed by atoms with van der Waals surface area (Å²) in [7, 11) is 0. The van der Waals surface area contributed by atoms with E-state index in [0.29, 0.717) is 18.4 Å². The average molecular weight is 313 g/mol. The van der Waals surface area contributed by atoms with Crippen LogP contribution in [-0.4, -0.2) is 23.3 Å². The number of hydrogen-bond donors (Lipinski definition) is 1. The molecule has 0 bridgehead atoms. The van der Waals surface area contributed by atoms with Crippen LogP contribution in [0.1, 0.15) is 51.5 Å². The maximum atomic E-state index is 13.4. The quantitative estimate of drug-likeness (QED) is 0.927. The summed E-state index contributed by atoms with van der Waals surface area (Å²) < 4.78 is 0. The van der Waals surface area contributed by atoms with Crippen LogP contribution in [0.3, 0.4) is 0 Å². The number of aliphatic imine (C=N–C) groups is 1. The van der Waals surface area contributed by atoms with E-state index in [4.69, 9.17) is 10.7 Å². The van der Waals surface area contributed by atoms with Crippen molar-refractivity contribution in [2.45, 2.75) is 51.5 Å². The van der Waals surface area contributed by atoms with Gasteiger partial charge in [-0.3, -0.25) is 9.69 Å². The van der Waals surface area contributed by atoms with Gasteiger partial charge in [0, 0.05) is 6.54 Å². The van der Waals surface area contributed by atoms with E-state index in [1.807, 2.05) is 30.3 Å². The molecule has 1 amide bonds. The number of rotatable bonds is 4. The largest absolute Gasteiger partial charge is 0.369 e. The molecule has 0 saturated heterocycles. The predicted octanol–water partition coefficient (Wildman–Crippen LogP) is 3.28. The summed E-state index contributed by atoms with van der Waals surface area (Å²) in [5, 5.41) is 0. The van der Waals surface area contributed by atoms with Gasteiger partial charge >= 0.3 is 0 Å². The number of amides is 1. The molecule has 1 atom stereocenters. The predicted molar refractivity (Wildman–Crippen MR) is 92.9 cm³/mol. The lowest BCUT2D eigenvalue weighted by atomic mass is 9.71. The highest BCUT2D eigenvalue weighted by Crippen LogP contribution is 2.46. The van der Waals surface area contributed by atoms with Crippen LogP contribution in [0.25, 0.3) is 0 Å². The zero-order chi connectivity index (χ0) is 16.4. The molecule has 1 aliphatic heterocycles. The molecule has 1 aromatic rings. The number of guanidine groups is 1. The first-order valence-electron chi connectivity index (χ1n) is 8.78. The summed E-state index contributed by atoms with van der Waals surface area (Å²) in [6, 6.07) is 10.0. The van der Waals surface area contributed by atoms with E-state index in [2.05, 4.69) is 13.8 Å². The van der Waals surface area contributed by atoms with E-state index >= 15 is 0 Å². The van der Waals surface area contributed by atoms with Crippen molar-refractivity contribution in [3.8, 4) is 0 Å². The van der Waals surface area contributed by atoms with Crippen molar-refractivity contribution in [2.75, 3.05) is 6.54 Å². The molecule has 1 aromatic carbocycles. The minimum absolute atomic E-state index is 0.0711. The topological polar surface area (TPSA) is 58.7 Å². The Labute approximate surface area is 138 Å². The first-order chi connectivity index (χ1) is 11.1. The zero-order valence-corrected chi connectivity index (χ0v) is 14.2. The van der Waals surface area contributed by atoms with Crippen molar-refractivity contribution < 1.29 is 4.79 Å². The molecule has 1 aliphatic carbocycles. The number of carbonyl (C=O) groups is 1. The molecule has 4 heteroatoms. The molecule has 124 valence electrons. The molecule has 0 radical (unpaired) electrons. The van der Waals surface area contributed by atoms with Gasteiger partial charge in [-0.05, 0) is 30.2 Å². The summed E-state index contributed by atoms with van der Waals surface area (Å²) in [5.41, 5.74) is 6.38. The van der Waals surface area contributed by atoms with Crippen LogP contribution in [0.15, 0.2) is 35.3 Å². The summed E-state index contributed by atoms with van der Waals surface area (Å²) in [6.07, 6.45) is 5.70. The van der Waals surface area contributed by atoms with E-state index in [9.17, 15) is 4.79 Å². The van der Waals surface area contributed by atoms with Gasteiger partial charge in [0.05, 0.1) is 0 Å². The molecule has 2 aliphatic rings. The molecule has 0 aromatic heterocycles. The molecular formula is C19H27N3O. The van der Waals surface area contributed by atoms with Crippen LogP contribution in [0.2, 0.25) is 0 Å². The van der Waals surface area contributed by atoms with Gasteiger partial charge in [-0.25, -0.2) is 4.99 Å². The van der Waals surface area contributed by atoms with Gasteiger partial charge in [0.2, 0.25) is 0 Å². The third-order valence-corrected chi connectivity index (χ3v) is 5.10. The normalized spacial score (nSPS) is 26.0. The van der Waals surface area contributed by atoms with Gasteiger partial charge in [-0.1, -0.05) is 63.4 Å². The Hall–Kier alpha value is -1.84. The van der Waals surface area contributed by atoms with Gasteiger partial charge in [-0.15, -0.1) is 0 Å². The SMILES string of the molecule is CC(C)CN1C(=O)C(c2ccccc2)(C2CCCCC2)N=C1N. The molecule has 1 unspecified atom stereocenters. The molecule has 1 heterocycles. The van der Waals surface area contributed by atoms with Crippen LogP contribution in [0.4, 0.5) is 0 Å². The number of carbonyl (C=O) groups excluding carboxylic acids is 1. The molecule has 4 nitrogen and oxygen atoms in total. The minimum Gasteiger partial charge on any atom is -0.369 e. The van der Waals surface area contributed by atoms with Crippen molar-refractivity contribution in [2.24, 2.45) is 22.6 Å². The van der Waals surface area contributed by atoms with Gasteiger partial charge in [0.1, 0.15) is 0 Å². The lowest BCUT2D eigenvalue weighted by Gasteiger charge is -2.36. The highest BCUT2D eigenvalue weighted by Gasteiger charge is 2.54. The lowest BCUT2D eigenvalue weighted by molar-refractivity contribution is -0.134. The number of hydrogen-bond acceptors (Lipinski definition) is 3. The van der Waals surface area contributed by atoms with E-state index < -0.39 is 5.54 Å². The van der Waals surface area contributed by atoms with Crippen molar-refractivity contribution in [1.82, 2.24) is 4.90 Å². The van der Waals surface area contributed by atoms with Gasteiger partial charge < -0.3 is 5.73 Å². The van der Waals surface area contributed by atoms with Crippen molar-refractivity contribution in [1.29, 1.82) is 0 Å². The lowest BCUT2D eigenvalue weighted by Crippen LogP contribution is -2.48. The Balaban J connectivity index is 2.05. The van der Waals surface area contributed by atoms with Crippen molar-refractivity contribution in [3.63, 3.8) is 0 Å². The standard InChI is InChI=1S/C19H27N3O/c1-14(2)13-22-17(23)19(21-18(22)20,15-9-5-3-6-10-15)16-11-7-4-8-12-16/h3,5-6,9-10,14,16H,4,7-8,11-13H2,1-2H3,(H2,20,21). The molecule has 1 fully saturated rings. The fourth-order valence-electron chi connectivity index (χ4n) is 4.04. The first kappa shape index (κ1) is 16.0. The van der Waals surface area contributed by atoms with E-state index in [-0.39, 0.29) is 11.8 Å². The van der Waals surface area contributed by atoms with E-state index in [1.54, 1.807) is 4.90 Å². The van der Waals surface area contributed by atoms with Gasteiger partial charge in [-0.2, -0.15) is 0 Å². The second-order valence-electron chi connectivity index (χ2n) is 7.25. The van der Waals surface area contributed by atoms with Crippen LogP contribution in [-0.2, 0) is 10.3 Å². The fourth-order valence-corrected chi connectivity index (χ4v) is 4.04. The summed E-state index contributed by atoms with van der Waals surface area (Å²) in [6.45, 7) is 4.84. The maximum Gasteiger partial charge on any atom is 0.262 e. The molecular weight excluding hydrogens is 286 g/mol. The summed E-state index contributed by atoms with van der Waals surface area (Å²) in [4.78, 5) is 19.9. The van der Waals surface area contributed by atoms with Crippen LogP contribution < -0.4 is 5.73 Å². The van der Waals surface area contributed by atoms with Crippen LogP contribution >= 0.6 is 0 Å². The number of nitrogens with two attached hydrogens (primary N) is 1. The molecule has 2 N–H and O–H groups in total. The molecule has 3 rings (SSSR count). The third-order valence-electron chi connectivity index (χ3n) is 5.10. The Morgan fingerprint density at radius 2 is 1.87 bits per heavy atom. The third kappa shape index (κ3) is 2.75. The fraction of sp³-hybridized carbons (Fsp3) is 0.579. The van der Waals surface area contributed by atoms with E-state index in [1.165, 1.54) is 19.3 Å². The Kier molecular flexibility index (Phi) is 4.42. The van der Waals surface area contributed by atoms with Gasteiger partial charge in [0.25, 0.3) is 5.91 Å². The summed E-state index contributed by atoms with van der Waals surface area (Å²) in [5.74, 6) is 1.08. The van der Waals surface area contributed by atoms with E-state index in [0.717, 1.165) is 18.4 Å². The number of benzene rings is 1. The Morgan fingerprint density at radius 1 is 1.22 bits per heavy atom. The Morgan fingerprint density at radius 3 is 2.48 bits per heavy atom. The van der Waals surface area contributed by atoms with Crippen molar-refractivity contribution >= 4 is 11.9 Å². The highest BCUT2D eigenvalue weighted by molar-refractivity contribution is 6.07. The van der Waals surface area contributed by atoms with Gasteiger partial charge in [0.15, 0.2) is 11.5 Å². The minimum atomic E-state index is -0.805. The average Bonchev–Trinajstić information content (AvgIpc) is 2.82. The maximum absolute atomic E-state index is 13.4. The Bertz CT molecular complexity index is 590. The zero-order valence-electron chi connectivity index (χ0n) is 14.2. The summed E-state index contributed by atoms with van der Waals surface area (Å²) >= 11 is 0. The smallest absolute Gasteiger partial charge is 0.262 e. The second kappa shape index (κ2) is 6.34. The van der Waals surface area contributed by atoms with Crippen molar-refractivity contribution in [3.05, 3.63) is 35.9 Å². The molecule has 23 heavy (non-hydrogen) atoms. The molecule has 0 spiro atoms. The molecule has 1 saturated carbocycles. The number of nitrogens with zero attached hydrogens (tertiary/aromatic N) is 2. The second-order valence-corrected chi connectivity index (χ2v) is 7.25. The van der Waals surface area contributed by atoms with Crippen LogP contribution in [0.5, 0.6) is 0 Å². The first-order valence-corrected chi connectivity index (χ1v) is 8.78.